The summed E-state index contributed by atoms with van der Waals surface area (Å²) in [7, 11) is 1.87. The maximum Gasteiger partial charge on any atom is 0.230 e. The predicted octanol–water partition coefficient (Wildman–Crippen LogP) is 0.149. The molecule has 1 saturated carbocycles. The molecule has 5 nitrogen and oxygen atoms in total. The first-order valence-corrected chi connectivity index (χ1v) is 4.95. The van der Waals surface area contributed by atoms with Gasteiger partial charge in [0.25, 0.3) is 0 Å². The first-order chi connectivity index (χ1) is 6.90. The minimum atomic E-state index is 0.474. The maximum atomic E-state index is 5.31. The Morgan fingerprint density at radius 1 is 1.43 bits per heavy atom. The quantitative estimate of drug-likeness (QED) is 0.743. The zero-order chi connectivity index (χ0) is 9.54. The number of nitrogens with zero attached hydrogens (tertiary/aromatic N) is 2. The number of rotatable bonds is 3. The first kappa shape index (κ1) is 8.38. The van der Waals surface area contributed by atoms with Crippen LogP contribution in [0, 0.1) is 11.8 Å². The highest BCUT2D eigenvalue weighted by Crippen LogP contribution is 2.56. The number of hydrogen-bond acceptors (Lipinski definition) is 5. The molecular formula is C9H13N3O2. The van der Waals surface area contributed by atoms with Crippen molar-refractivity contribution in [3.63, 3.8) is 0 Å². The van der Waals surface area contributed by atoms with Crippen LogP contribution >= 0.6 is 0 Å². The van der Waals surface area contributed by atoms with Gasteiger partial charge >= 0.3 is 0 Å². The van der Waals surface area contributed by atoms with Crippen molar-refractivity contribution in [1.82, 2.24) is 15.5 Å². The topological polar surface area (TPSA) is 60.2 Å². The zero-order valence-corrected chi connectivity index (χ0v) is 8.06. The molecule has 14 heavy (non-hydrogen) atoms. The van der Waals surface area contributed by atoms with E-state index >= 15 is 0 Å². The summed E-state index contributed by atoms with van der Waals surface area (Å²) in [4.78, 5) is 4.35. The van der Waals surface area contributed by atoms with E-state index in [2.05, 4.69) is 15.5 Å². The number of nitrogens with one attached hydrogen (secondary N) is 1. The maximum absolute atomic E-state index is 5.31. The number of fused-ring (bicyclic) bond motifs is 1. The molecule has 0 amide bonds. The molecule has 2 fully saturated rings. The van der Waals surface area contributed by atoms with Crippen LogP contribution in [0.4, 0.5) is 0 Å². The molecule has 0 radical (unpaired) electrons. The van der Waals surface area contributed by atoms with E-state index in [-0.39, 0.29) is 0 Å². The predicted molar refractivity (Wildman–Crippen MR) is 47.6 cm³/mol. The fraction of sp³-hybridized carbons (Fsp3) is 0.778. The fourth-order valence-corrected chi connectivity index (χ4v) is 2.24. The van der Waals surface area contributed by atoms with E-state index in [1.165, 1.54) is 0 Å². The summed E-state index contributed by atoms with van der Waals surface area (Å²) in [6.07, 6.45) is 0. The Kier molecular flexibility index (Phi) is 1.81. The number of hydrogen-bond donors (Lipinski definition) is 1. The van der Waals surface area contributed by atoms with Crippen LogP contribution in [0.3, 0.4) is 0 Å². The highest BCUT2D eigenvalue weighted by molar-refractivity contribution is 5.15. The minimum Gasteiger partial charge on any atom is -0.381 e. The Morgan fingerprint density at radius 2 is 2.21 bits per heavy atom. The highest BCUT2D eigenvalue weighted by atomic mass is 16.5. The molecule has 0 bridgehead atoms. The van der Waals surface area contributed by atoms with Gasteiger partial charge in [0.2, 0.25) is 5.89 Å². The molecule has 76 valence electrons. The van der Waals surface area contributed by atoms with Crippen molar-refractivity contribution < 1.29 is 9.26 Å². The lowest BCUT2D eigenvalue weighted by Crippen LogP contribution is -2.06. The monoisotopic (exact) mass is 195 g/mol. The van der Waals surface area contributed by atoms with Crippen molar-refractivity contribution in [2.24, 2.45) is 11.8 Å². The largest absolute Gasteiger partial charge is 0.381 e. The Balaban J connectivity index is 1.72. The molecule has 0 aromatic carbocycles. The summed E-state index contributed by atoms with van der Waals surface area (Å²) < 4.78 is 10.5. The van der Waals surface area contributed by atoms with Crippen LogP contribution in [0.15, 0.2) is 4.52 Å². The van der Waals surface area contributed by atoms with E-state index in [0.29, 0.717) is 24.3 Å². The Hall–Kier alpha value is -0.940. The smallest absolute Gasteiger partial charge is 0.230 e. The second-order valence-electron chi connectivity index (χ2n) is 3.97. The van der Waals surface area contributed by atoms with Gasteiger partial charge < -0.3 is 14.6 Å². The molecule has 3 rings (SSSR count). The van der Waals surface area contributed by atoms with Crippen LogP contribution in [0.5, 0.6) is 0 Å². The number of aromatic nitrogens is 2. The van der Waals surface area contributed by atoms with Crippen LogP contribution in [0.25, 0.3) is 0 Å². The van der Waals surface area contributed by atoms with Gasteiger partial charge in [-0.3, -0.25) is 0 Å². The molecule has 1 aromatic rings. The summed E-state index contributed by atoms with van der Waals surface area (Å²) in [6.45, 7) is 2.39. The second-order valence-corrected chi connectivity index (χ2v) is 3.97. The van der Waals surface area contributed by atoms with Gasteiger partial charge in [0.15, 0.2) is 5.82 Å². The molecule has 2 unspecified atom stereocenters. The lowest BCUT2D eigenvalue weighted by Gasteiger charge is -1.97. The van der Waals surface area contributed by atoms with Crippen molar-refractivity contribution in [1.29, 1.82) is 0 Å². The van der Waals surface area contributed by atoms with Crippen molar-refractivity contribution in [2.75, 3.05) is 20.3 Å². The molecule has 1 aliphatic carbocycles. The van der Waals surface area contributed by atoms with Crippen LogP contribution in [-0.2, 0) is 11.3 Å². The SMILES string of the molecule is CNCc1noc(C2C3COCC32)n1. The molecule has 1 aromatic heterocycles. The average Bonchev–Trinajstić information content (AvgIpc) is 2.63. The van der Waals surface area contributed by atoms with Crippen LogP contribution in [0.1, 0.15) is 17.6 Å². The molecule has 5 heteroatoms. The van der Waals surface area contributed by atoms with E-state index in [0.717, 1.165) is 24.9 Å². The third-order valence-corrected chi connectivity index (χ3v) is 3.06. The van der Waals surface area contributed by atoms with E-state index in [1.807, 2.05) is 7.05 Å². The Labute approximate surface area is 81.8 Å². The molecule has 1 saturated heterocycles. The summed E-state index contributed by atoms with van der Waals surface area (Å²) in [6, 6.07) is 0. The zero-order valence-electron chi connectivity index (χ0n) is 8.06. The molecule has 1 N–H and O–H groups in total. The Morgan fingerprint density at radius 3 is 2.93 bits per heavy atom. The van der Waals surface area contributed by atoms with Gasteiger partial charge in [-0.2, -0.15) is 4.98 Å². The van der Waals surface area contributed by atoms with Gasteiger partial charge in [-0.25, -0.2) is 0 Å². The van der Waals surface area contributed by atoms with Crippen LogP contribution in [-0.4, -0.2) is 30.4 Å². The van der Waals surface area contributed by atoms with Gasteiger partial charge in [0, 0.05) is 5.92 Å². The first-order valence-electron chi connectivity index (χ1n) is 4.95. The second kappa shape index (κ2) is 3.03. The fourth-order valence-electron chi connectivity index (χ4n) is 2.24. The van der Waals surface area contributed by atoms with Crippen molar-refractivity contribution in [3.8, 4) is 0 Å². The van der Waals surface area contributed by atoms with Gasteiger partial charge in [-0.05, 0) is 18.9 Å². The summed E-state index contributed by atoms with van der Waals surface area (Å²) >= 11 is 0. The van der Waals surface area contributed by atoms with E-state index in [9.17, 15) is 0 Å². The van der Waals surface area contributed by atoms with Crippen LogP contribution < -0.4 is 5.32 Å². The summed E-state index contributed by atoms with van der Waals surface area (Å²) in [5, 5.41) is 6.90. The summed E-state index contributed by atoms with van der Waals surface area (Å²) in [5.74, 6) is 3.29. The van der Waals surface area contributed by atoms with E-state index < -0.39 is 0 Å². The molecule has 0 spiro atoms. The van der Waals surface area contributed by atoms with Gasteiger partial charge in [0.05, 0.1) is 19.8 Å². The molecular weight excluding hydrogens is 182 g/mol. The Bertz CT molecular complexity index is 329. The lowest BCUT2D eigenvalue weighted by atomic mass is 10.3. The molecule has 2 aliphatic rings. The van der Waals surface area contributed by atoms with Gasteiger partial charge in [-0.1, -0.05) is 5.16 Å². The minimum absolute atomic E-state index is 0.474. The number of ether oxygens (including phenoxy) is 1. The highest BCUT2D eigenvalue weighted by Gasteiger charge is 2.57. The lowest BCUT2D eigenvalue weighted by molar-refractivity contribution is 0.155. The van der Waals surface area contributed by atoms with Crippen molar-refractivity contribution in [3.05, 3.63) is 11.7 Å². The van der Waals surface area contributed by atoms with Gasteiger partial charge in [0.1, 0.15) is 0 Å². The normalized spacial score (nSPS) is 34.5. The van der Waals surface area contributed by atoms with Crippen LogP contribution in [0.2, 0.25) is 0 Å². The van der Waals surface area contributed by atoms with Gasteiger partial charge in [-0.15, -0.1) is 0 Å². The standard InChI is InChI=1S/C9H13N3O2/c1-10-2-7-11-9(14-12-7)8-5-3-13-4-6(5)8/h5-6,8,10H,2-4H2,1H3. The average molecular weight is 195 g/mol. The molecule has 2 heterocycles. The third-order valence-electron chi connectivity index (χ3n) is 3.06. The summed E-state index contributed by atoms with van der Waals surface area (Å²) in [5.41, 5.74) is 0. The third kappa shape index (κ3) is 1.16. The molecule has 2 atom stereocenters. The molecule has 1 aliphatic heterocycles. The van der Waals surface area contributed by atoms with Crippen molar-refractivity contribution in [2.45, 2.75) is 12.5 Å². The van der Waals surface area contributed by atoms with E-state index in [1.54, 1.807) is 0 Å². The van der Waals surface area contributed by atoms with Crippen molar-refractivity contribution >= 4 is 0 Å². The van der Waals surface area contributed by atoms with E-state index in [4.69, 9.17) is 9.26 Å².